The average Bonchev–Trinajstić information content (AvgIpc) is 3.06. The van der Waals surface area contributed by atoms with E-state index in [2.05, 4.69) is 126 Å². The standard InChI is InChI=1S/C25H24BrPS/c1-20-18-22(21(2)28-20)19-27(26,23-12-6-3-7-13-23,24-14-8-4-9-15-24)25-16-10-5-11-17-25/h3-18H,19H2,1-2H3. The number of halogens is 1. The summed E-state index contributed by atoms with van der Waals surface area (Å²) in [4.78, 5) is 2.79. The zero-order chi connectivity index (χ0) is 19.6. The Morgan fingerprint density at radius 1 is 0.679 bits per heavy atom. The first-order valence-corrected chi connectivity index (χ1v) is 14.7. The molecule has 0 amide bonds. The summed E-state index contributed by atoms with van der Waals surface area (Å²) in [5, 5.41) is 1.23. The summed E-state index contributed by atoms with van der Waals surface area (Å²) in [6, 6.07) is 35.4. The number of aryl methyl sites for hydroxylation is 2. The molecule has 0 saturated heterocycles. The molecule has 0 fully saturated rings. The van der Waals surface area contributed by atoms with Crippen LogP contribution in [0.15, 0.2) is 97.1 Å². The quantitative estimate of drug-likeness (QED) is 0.287. The van der Waals surface area contributed by atoms with Gasteiger partial charge in [-0.15, -0.1) is 0 Å². The third kappa shape index (κ3) is 3.18. The van der Waals surface area contributed by atoms with Gasteiger partial charge in [0, 0.05) is 0 Å². The van der Waals surface area contributed by atoms with E-state index in [4.69, 9.17) is 0 Å². The molecular weight excluding hydrogens is 443 g/mol. The monoisotopic (exact) mass is 466 g/mol. The molecule has 0 spiro atoms. The van der Waals surface area contributed by atoms with E-state index in [9.17, 15) is 0 Å². The summed E-state index contributed by atoms with van der Waals surface area (Å²) >= 11 is 6.43. The van der Waals surface area contributed by atoms with E-state index in [1.807, 2.05) is 11.3 Å². The Balaban J connectivity index is 2.10. The number of hydrogen-bond acceptors (Lipinski definition) is 1. The molecule has 0 aliphatic heterocycles. The van der Waals surface area contributed by atoms with Crippen LogP contribution in [0.4, 0.5) is 0 Å². The van der Waals surface area contributed by atoms with Crippen LogP contribution in [-0.4, -0.2) is 0 Å². The van der Waals surface area contributed by atoms with Crippen molar-refractivity contribution in [3.63, 3.8) is 0 Å². The molecule has 3 aromatic carbocycles. The van der Waals surface area contributed by atoms with Gasteiger partial charge in [-0.2, -0.15) is 0 Å². The molecule has 1 heterocycles. The Morgan fingerprint density at radius 3 is 1.39 bits per heavy atom. The Kier molecular flexibility index (Phi) is 5.31. The van der Waals surface area contributed by atoms with Gasteiger partial charge in [-0.05, 0) is 0 Å². The first kappa shape index (κ1) is 19.6. The second-order valence-corrected chi connectivity index (χ2v) is 17.7. The van der Waals surface area contributed by atoms with Crippen LogP contribution in [0.1, 0.15) is 15.3 Å². The van der Waals surface area contributed by atoms with E-state index in [0.717, 1.165) is 6.16 Å². The molecule has 0 unspecified atom stereocenters. The molecule has 3 heteroatoms. The Labute approximate surface area is 179 Å². The summed E-state index contributed by atoms with van der Waals surface area (Å²) < 4.78 is 0. The van der Waals surface area contributed by atoms with E-state index in [-0.39, 0.29) is 0 Å². The second kappa shape index (κ2) is 7.59. The van der Waals surface area contributed by atoms with Crippen LogP contribution in [0.3, 0.4) is 0 Å². The molecule has 0 aliphatic rings. The van der Waals surface area contributed by atoms with Crippen LogP contribution in [0, 0.1) is 13.8 Å². The van der Waals surface area contributed by atoms with E-state index in [1.165, 1.54) is 31.2 Å². The predicted molar refractivity (Wildman–Crippen MR) is 132 cm³/mol. The van der Waals surface area contributed by atoms with Gasteiger partial charge < -0.3 is 0 Å². The number of benzene rings is 3. The van der Waals surface area contributed by atoms with Gasteiger partial charge in [0.1, 0.15) is 0 Å². The summed E-state index contributed by atoms with van der Waals surface area (Å²) in [5.41, 5.74) is 1.44. The third-order valence-corrected chi connectivity index (χ3v) is 16.0. The molecule has 0 radical (unpaired) electrons. The fraction of sp³-hybridized carbons (Fsp3) is 0.120. The normalized spacial score (nSPS) is 13.0. The number of rotatable bonds is 5. The van der Waals surface area contributed by atoms with Crippen molar-refractivity contribution >= 4 is 48.0 Å². The molecule has 28 heavy (non-hydrogen) atoms. The third-order valence-electron chi connectivity index (χ3n) is 5.49. The van der Waals surface area contributed by atoms with Crippen molar-refractivity contribution in [3.8, 4) is 0 Å². The van der Waals surface area contributed by atoms with Crippen LogP contribution in [0.25, 0.3) is 0 Å². The van der Waals surface area contributed by atoms with Crippen LogP contribution in [0.2, 0.25) is 0 Å². The summed E-state index contributed by atoms with van der Waals surface area (Å²) in [6.07, 6.45) is 0.972. The topological polar surface area (TPSA) is 0 Å². The molecule has 0 saturated carbocycles. The van der Waals surface area contributed by atoms with Crippen molar-refractivity contribution in [2.45, 2.75) is 20.0 Å². The van der Waals surface area contributed by atoms with E-state index in [0.29, 0.717) is 0 Å². The zero-order valence-corrected chi connectivity index (χ0v) is 19.5. The van der Waals surface area contributed by atoms with Gasteiger partial charge in [-0.3, -0.25) is 0 Å². The first-order chi connectivity index (χ1) is 13.5. The van der Waals surface area contributed by atoms with Crippen LogP contribution in [0.5, 0.6) is 0 Å². The minimum absolute atomic E-state index is 0.972. The molecule has 4 rings (SSSR count). The predicted octanol–water partition coefficient (Wildman–Crippen LogP) is 6.70. The fourth-order valence-corrected chi connectivity index (χ4v) is 12.9. The van der Waals surface area contributed by atoms with E-state index < -0.39 is 5.31 Å². The minimum atomic E-state index is -2.88. The van der Waals surface area contributed by atoms with Crippen molar-refractivity contribution in [1.29, 1.82) is 0 Å². The molecule has 0 aliphatic carbocycles. The van der Waals surface area contributed by atoms with Gasteiger partial charge >= 0.3 is 180 Å². The number of thiophene rings is 1. The molecule has 0 bridgehead atoms. The molecule has 0 atom stereocenters. The first-order valence-electron chi connectivity index (χ1n) is 9.48. The van der Waals surface area contributed by atoms with Gasteiger partial charge in [0.2, 0.25) is 0 Å². The summed E-state index contributed by atoms with van der Waals surface area (Å²) in [6.45, 7) is 4.46. The van der Waals surface area contributed by atoms with Gasteiger partial charge in [-0.1, -0.05) is 0 Å². The van der Waals surface area contributed by atoms with Gasteiger partial charge in [0.15, 0.2) is 0 Å². The maximum atomic E-state index is 4.53. The van der Waals surface area contributed by atoms with Crippen molar-refractivity contribution < 1.29 is 0 Å². The van der Waals surface area contributed by atoms with Crippen LogP contribution in [-0.2, 0) is 6.16 Å². The number of hydrogen-bond donors (Lipinski definition) is 0. The van der Waals surface area contributed by atoms with Crippen molar-refractivity contribution in [3.05, 3.63) is 112 Å². The van der Waals surface area contributed by atoms with Crippen molar-refractivity contribution in [2.24, 2.45) is 0 Å². The van der Waals surface area contributed by atoms with Gasteiger partial charge in [-0.25, -0.2) is 0 Å². The van der Waals surface area contributed by atoms with E-state index in [1.54, 1.807) is 0 Å². The fourth-order valence-electron chi connectivity index (χ4n) is 4.10. The molecular formula is C25H24BrPS. The molecule has 1 aromatic heterocycles. The van der Waals surface area contributed by atoms with Gasteiger partial charge in [0.05, 0.1) is 0 Å². The molecule has 142 valence electrons. The Hall–Kier alpha value is -1.73. The molecule has 0 N–H and O–H groups in total. The van der Waals surface area contributed by atoms with Gasteiger partial charge in [0.25, 0.3) is 0 Å². The SMILES string of the molecule is Cc1cc(CP(Br)(c2ccccc2)(c2ccccc2)c2ccccc2)c(C)s1. The van der Waals surface area contributed by atoms with Crippen molar-refractivity contribution in [2.75, 3.05) is 0 Å². The van der Waals surface area contributed by atoms with Crippen LogP contribution >= 0.6 is 32.1 Å². The summed E-state index contributed by atoms with van der Waals surface area (Å²) in [7, 11) is 0. The summed E-state index contributed by atoms with van der Waals surface area (Å²) in [5.74, 6) is 0. The average molecular weight is 467 g/mol. The second-order valence-electron chi connectivity index (χ2n) is 7.29. The molecule has 4 aromatic rings. The zero-order valence-electron chi connectivity index (χ0n) is 16.2. The van der Waals surface area contributed by atoms with Crippen molar-refractivity contribution in [1.82, 2.24) is 0 Å². The molecule has 0 nitrogen and oxygen atoms in total. The Morgan fingerprint density at radius 2 is 1.07 bits per heavy atom. The Bertz CT molecular complexity index is 972. The van der Waals surface area contributed by atoms with Crippen LogP contribution < -0.4 is 15.9 Å². The maximum absolute atomic E-state index is 4.53. The van der Waals surface area contributed by atoms with E-state index >= 15 is 0 Å².